The first kappa shape index (κ1) is 24.8. The number of imidazole rings is 1. The summed E-state index contributed by atoms with van der Waals surface area (Å²) in [5.41, 5.74) is 2.08. The summed E-state index contributed by atoms with van der Waals surface area (Å²) in [4.78, 5) is 19.5. The molecule has 0 bridgehead atoms. The summed E-state index contributed by atoms with van der Waals surface area (Å²) in [7, 11) is 1.36. The van der Waals surface area contributed by atoms with Crippen LogP contribution in [0.25, 0.3) is 10.9 Å². The molecule has 34 heavy (non-hydrogen) atoms. The predicted molar refractivity (Wildman–Crippen MR) is 136 cm³/mol. The van der Waals surface area contributed by atoms with Gasteiger partial charge in [-0.3, -0.25) is 10.00 Å². The van der Waals surface area contributed by atoms with Gasteiger partial charge in [0, 0.05) is 35.6 Å². The molecular formula is C24H32Cl2N6O2. The lowest BCUT2D eigenvalue weighted by Crippen LogP contribution is -2.29. The van der Waals surface area contributed by atoms with Crippen LogP contribution in [0.15, 0.2) is 12.1 Å². The molecule has 3 heterocycles. The third kappa shape index (κ3) is 4.63. The zero-order chi connectivity index (χ0) is 24.8. The molecule has 0 radical (unpaired) electrons. The Hall–Kier alpha value is -2.29. The molecule has 0 aliphatic carbocycles. The molecular weight excluding hydrogens is 475 g/mol. The molecule has 1 fully saturated rings. The number of esters is 1. The van der Waals surface area contributed by atoms with Gasteiger partial charge in [0.25, 0.3) is 0 Å². The van der Waals surface area contributed by atoms with Crippen molar-refractivity contribution in [3.05, 3.63) is 39.4 Å². The number of rotatable bonds is 6. The molecule has 1 atom stereocenters. The van der Waals surface area contributed by atoms with Crippen LogP contribution in [0.3, 0.4) is 0 Å². The molecule has 8 nitrogen and oxygen atoms in total. The highest BCUT2D eigenvalue weighted by Gasteiger charge is 2.33. The Labute approximate surface area is 210 Å². The number of methoxy groups -OCH3 is 1. The second kappa shape index (κ2) is 9.40. The first-order valence-corrected chi connectivity index (χ1v) is 12.3. The van der Waals surface area contributed by atoms with Crippen molar-refractivity contribution in [3.8, 4) is 0 Å². The minimum absolute atomic E-state index is 0.0792. The minimum atomic E-state index is -0.485. The number of hydrogen-bond acceptors (Lipinski definition) is 6. The van der Waals surface area contributed by atoms with E-state index in [2.05, 4.69) is 66.1 Å². The van der Waals surface area contributed by atoms with E-state index >= 15 is 0 Å². The summed E-state index contributed by atoms with van der Waals surface area (Å²) in [5, 5.41) is 12.7. The van der Waals surface area contributed by atoms with Crippen molar-refractivity contribution >= 4 is 45.9 Å². The van der Waals surface area contributed by atoms with Crippen LogP contribution in [0, 0.1) is 0 Å². The highest BCUT2D eigenvalue weighted by molar-refractivity contribution is 6.32. The van der Waals surface area contributed by atoms with Gasteiger partial charge in [-0.25, -0.2) is 9.78 Å². The van der Waals surface area contributed by atoms with Crippen LogP contribution in [0.5, 0.6) is 0 Å². The molecule has 4 rings (SSSR count). The van der Waals surface area contributed by atoms with E-state index in [9.17, 15) is 4.79 Å². The highest BCUT2D eigenvalue weighted by Crippen LogP contribution is 2.35. The topological polar surface area (TPSA) is 88.1 Å². The third-order valence-corrected chi connectivity index (χ3v) is 7.06. The number of carbonyl (C=O) groups is 1. The number of nitrogens with one attached hydrogen (secondary N) is 2. The van der Waals surface area contributed by atoms with Gasteiger partial charge in [0.2, 0.25) is 0 Å². The summed E-state index contributed by atoms with van der Waals surface area (Å²) in [6.45, 7) is 12.9. The summed E-state index contributed by atoms with van der Waals surface area (Å²) in [6, 6.07) is 4.48. The van der Waals surface area contributed by atoms with Gasteiger partial charge < -0.3 is 14.6 Å². The van der Waals surface area contributed by atoms with Crippen LogP contribution in [-0.4, -0.2) is 56.9 Å². The average molecular weight is 507 g/mol. The molecule has 2 aromatic heterocycles. The van der Waals surface area contributed by atoms with Gasteiger partial charge in [0.05, 0.1) is 19.2 Å². The van der Waals surface area contributed by atoms with Crippen molar-refractivity contribution < 1.29 is 9.53 Å². The van der Waals surface area contributed by atoms with Gasteiger partial charge in [0.15, 0.2) is 16.7 Å². The van der Waals surface area contributed by atoms with Crippen molar-refractivity contribution in [1.82, 2.24) is 24.6 Å². The standard InChI is InChI=1S/C24H32Cl2N6O2/c1-13(2)31-8-7-14(12-31)32-19(28-21(26)20(32)23(33)34-6)11-27-22-15-9-16(24(3,4)5)17(25)10-18(15)29-30-22/h9-10,13-14H,7-8,11-12H2,1-6H3,(H2,27,29,30)/t14-/m1/s1. The zero-order valence-electron chi connectivity index (χ0n) is 20.5. The molecule has 10 heteroatoms. The van der Waals surface area contributed by atoms with E-state index in [1.54, 1.807) is 0 Å². The molecule has 3 aromatic rings. The largest absolute Gasteiger partial charge is 0.464 e. The molecule has 184 valence electrons. The van der Waals surface area contributed by atoms with Crippen molar-refractivity contribution in [3.63, 3.8) is 0 Å². The zero-order valence-corrected chi connectivity index (χ0v) is 22.0. The van der Waals surface area contributed by atoms with Crippen molar-refractivity contribution in [1.29, 1.82) is 0 Å². The molecule has 0 amide bonds. The van der Waals surface area contributed by atoms with Gasteiger partial charge in [-0.1, -0.05) is 44.0 Å². The van der Waals surface area contributed by atoms with E-state index in [1.807, 2.05) is 10.6 Å². The maximum atomic E-state index is 12.6. The number of likely N-dealkylation sites (tertiary alicyclic amines) is 1. The summed E-state index contributed by atoms with van der Waals surface area (Å²) in [5.74, 6) is 0.876. The molecule has 0 spiro atoms. The Morgan fingerprint density at radius 1 is 1.32 bits per heavy atom. The quantitative estimate of drug-likeness (QED) is 0.434. The smallest absolute Gasteiger partial charge is 0.357 e. The fourth-order valence-electron chi connectivity index (χ4n) is 4.60. The number of aromatic amines is 1. The Morgan fingerprint density at radius 3 is 2.68 bits per heavy atom. The Bertz CT molecular complexity index is 1210. The molecule has 1 saturated heterocycles. The second-order valence-corrected chi connectivity index (χ2v) is 10.9. The monoisotopic (exact) mass is 506 g/mol. The van der Waals surface area contributed by atoms with Gasteiger partial charge >= 0.3 is 5.97 Å². The van der Waals surface area contributed by atoms with E-state index in [1.165, 1.54) is 7.11 Å². The maximum Gasteiger partial charge on any atom is 0.357 e. The number of halogens is 2. The number of benzene rings is 1. The van der Waals surface area contributed by atoms with Gasteiger partial charge in [-0.05, 0) is 43.4 Å². The predicted octanol–water partition coefficient (Wildman–Crippen LogP) is 5.42. The lowest BCUT2D eigenvalue weighted by atomic mass is 9.86. The van der Waals surface area contributed by atoms with Crippen molar-refractivity contribution in [2.75, 3.05) is 25.5 Å². The molecule has 0 unspecified atom stereocenters. The number of aromatic nitrogens is 4. The molecule has 1 aromatic carbocycles. The van der Waals surface area contributed by atoms with Gasteiger partial charge in [-0.2, -0.15) is 5.10 Å². The van der Waals surface area contributed by atoms with E-state index in [-0.39, 0.29) is 16.6 Å². The van der Waals surface area contributed by atoms with Crippen LogP contribution in [0.2, 0.25) is 10.2 Å². The van der Waals surface area contributed by atoms with E-state index in [0.717, 1.165) is 36.0 Å². The summed E-state index contributed by atoms with van der Waals surface area (Å²) >= 11 is 13.0. The normalized spacial score (nSPS) is 17.1. The average Bonchev–Trinajstić information content (AvgIpc) is 3.47. The number of hydrogen-bond donors (Lipinski definition) is 2. The number of anilines is 1. The SMILES string of the molecule is COC(=O)c1c(Cl)nc(CNc2n[nH]c3cc(Cl)c(C(C)(C)C)cc23)n1[C@@H]1CCN(C(C)C)C1. The van der Waals surface area contributed by atoms with Crippen LogP contribution >= 0.6 is 23.2 Å². The van der Waals surface area contributed by atoms with Crippen molar-refractivity contribution in [2.45, 2.75) is 65.1 Å². The number of H-pyrrole nitrogens is 1. The molecule has 2 N–H and O–H groups in total. The molecule has 0 saturated carbocycles. The lowest BCUT2D eigenvalue weighted by molar-refractivity contribution is 0.0585. The van der Waals surface area contributed by atoms with Crippen LogP contribution in [0.4, 0.5) is 5.82 Å². The van der Waals surface area contributed by atoms with Gasteiger partial charge in [0.1, 0.15) is 5.82 Å². The van der Waals surface area contributed by atoms with Crippen molar-refractivity contribution in [2.24, 2.45) is 0 Å². The molecule has 1 aliphatic heterocycles. The highest BCUT2D eigenvalue weighted by atomic mass is 35.5. The van der Waals surface area contributed by atoms with E-state index in [0.29, 0.717) is 34.9 Å². The van der Waals surface area contributed by atoms with Crippen LogP contribution < -0.4 is 5.32 Å². The number of nitrogens with zero attached hydrogens (tertiary/aromatic N) is 4. The number of fused-ring (bicyclic) bond motifs is 1. The lowest BCUT2D eigenvalue weighted by Gasteiger charge is -2.22. The van der Waals surface area contributed by atoms with E-state index < -0.39 is 5.97 Å². The minimum Gasteiger partial charge on any atom is -0.464 e. The first-order valence-electron chi connectivity index (χ1n) is 11.5. The first-order chi connectivity index (χ1) is 16.0. The van der Waals surface area contributed by atoms with Gasteiger partial charge in [-0.15, -0.1) is 0 Å². The Balaban J connectivity index is 1.67. The number of ether oxygens (including phenoxy) is 1. The maximum absolute atomic E-state index is 12.6. The second-order valence-electron chi connectivity index (χ2n) is 10.1. The van der Waals surface area contributed by atoms with Crippen LogP contribution in [0.1, 0.15) is 69.0 Å². The Morgan fingerprint density at radius 2 is 2.06 bits per heavy atom. The third-order valence-electron chi connectivity index (χ3n) is 6.48. The Kier molecular flexibility index (Phi) is 6.86. The fraction of sp³-hybridized carbons (Fsp3) is 0.542. The van der Waals surface area contributed by atoms with E-state index in [4.69, 9.17) is 27.9 Å². The van der Waals surface area contributed by atoms with Crippen LogP contribution in [-0.2, 0) is 16.7 Å². The summed E-state index contributed by atoms with van der Waals surface area (Å²) in [6.07, 6.45) is 0.903. The fourth-order valence-corrected chi connectivity index (χ4v) is 5.32. The summed E-state index contributed by atoms with van der Waals surface area (Å²) < 4.78 is 6.96. The number of carbonyl (C=O) groups excluding carboxylic acids is 1. The molecule has 1 aliphatic rings.